The summed E-state index contributed by atoms with van der Waals surface area (Å²) >= 11 is 0. The maximum atomic E-state index is 11.4. The second-order valence-electron chi connectivity index (χ2n) is 7.12. The smallest absolute Gasteiger partial charge is 0.140 e. The number of fused-ring (bicyclic) bond motifs is 1. The van der Waals surface area contributed by atoms with Crippen LogP contribution in [0.25, 0.3) is 0 Å². The van der Waals surface area contributed by atoms with Crippen molar-refractivity contribution in [3.8, 4) is 0 Å². The van der Waals surface area contributed by atoms with E-state index < -0.39 is 5.60 Å². The van der Waals surface area contributed by atoms with Crippen LogP contribution < -0.4 is 0 Å². The minimum atomic E-state index is -0.816. The van der Waals surface area contributed by atoms with E-state index >= 15 is 0 Å². The lowest BCUT2D eigenvalue weighted by Gasteiger charge is -2.32. The van der Waals surface area contributed by atoms with E-state index in [1.165, 1.54) is 11.1 Å². The Labute approximate surface area is 153 Å². The number of hydrogen-bond donors (Lipinski definition) is 1. The quantitative estimate of drug-likeness (QED) is 0.744. The highest BCUT2D eigenvalue weighted by Crippen LogP contribution is 2.37. The Kier molecular flexibility index (Phi) is 4.57. The molecule has 134 valence electrons. The molecular weight excluding hydrogens is 324 g/mol. The maximum absolute atomic E-state index is 11.4. The van der Waals surface area contributed by atoms with Crippen molar-refractivity contribution in [3.63, 3.8) is 0 Å². The second-order valence-corrected chi connectivity index (χ2v) is 7.12. The van der Waals surface area contributed by atoms with Gasteiger partial charge < -0.3 is 5.11 Å². The van der Waals surface area contributed by atoms with Crippen LogP contribution in [0.4, 0.5) is 0 Å². The van der Waals surface area contributed by atoms with Crippen molar-refractivity contribution in [1.29, 1.82) is 0 Å². The molecule has 5 nitrogen and oxygen atoms in total. The molecule has 3 aromatic rings. The lowest BCUT2D eigenvalue weighted by Crippen LogP contribution is -2.39. The summed E-state index contributed by atoms with van der Waals surface area (Å²) in [5.41, 5.74) is 2.73. The summed E-state index contributed by atoms with van der Waals surface area (Å²) in [6, 6.07) is 18.6. The van der Waals surface area contributed by atoms with E-state index in [2.05, 4.69) is 51.4 Å². The summed E-state index contributed by atoms with van der Waals surface area (Å²) < 4.78 is 1.80. The third-order valence-electron chi connectivity index (χ3n) is 5.23. The fraction of sp³-hybridized carbons (Fsp3) is 0.333. The number of aliphatic hydroxyl groups is 1. The molecular formula is C21H24N4O. The number of rotatable bonds is 6. The highest BCUT2D eigenvalue weighted by molar-refractivity contribution is 5.37. The number of aryl methyl sites for hydroxylation is 2. The molecule has 1 heterocycles. The van der Waals surface area contributed by atoms with Crippen molar-refractivity contribution < 1.29 is 5.11 Å². The predicted molar refractivity (Wildman–Crippen MR) is 100 cm³/mol. The van der Waals surface area contributed by atoms with Crippen LogP contribution in [-0.4, -0.2) is 31.3 Å². The molecule has 1 aromatic heterocycles. The molecule has 0 radical (unpaired) electrons. The Morgan fingerprint density at radius 2 is 1.85 bits per heavy atom. The molecule has 1 aliphatic carbocycles. The largest absolute Gasteiger partial charge is 0.384 e. The monoisotopic (exact) mass is 348 g/mol. The van der Waals surface area contributed by atoms with Crippen LogP contribution >= 0.6 is 0 Å². The third-order valence-corrected chi connectivity index (χ3v) is 5.23. The number of hydrogen-bond acceptors (Lipinski definition) is 4. The van der Waals surface area contributed by atoms with Crippen LogP contribution in [0.15, 0.2) is 60.9 Å². The third kappa shape index (κ3) is 3.41. The van der Waals surface area contributed by atoms with Gasteiger partial charge in [0, 0.05) is 20.1 Å². The number of nitrogens with zero attached hydrogens (tertiary/aromatic N) is 4. The zero-order valence-electron chi connectivity index (χ0n) is 15.0. The van der Waals surface area contributed by atoms with Crippen LogP contribution in [-0.2, 0) is 32.2 Å². The van der Waals surface area contributed by atoms with Gasteiger partial charge in [0.1, 0.15) is 17.8 Å². The summed E-state index contributed by atoms with van der Waals surface area (Å²) in [5, 5.41) is 15.6. The normalized spacial score (nSPS) is 19.0. The fourth-order valence-corrected chi connectivity index (χ4v) is 3.88. The Bertz CT molecular complexity index is 876. The summed E-state index contributed by atoms with van der Waals surface area (Å²) in [6.45, 7) is 1.99. The van der Waals surface area contributed by atoms with Crippen LogP contribution in [0.3, 0.4) is 0 Å². The first-order valence-electron chi connectivity index (χ1n) is 9.04. The van der Waals surface area contributed by atoms with E-state index in [1.54, 1.807) is 11.0 Å². The Balaban J connectivity index is 1.59. The van der Waals surface area contributed by atoms with Gasteiger partial charge in [-0.3, -0.25) is 9.58 Å². The Morgan fingerprint density at radius 1 is 1.08 bits per heavy atom. The van der Waals surface area contributed by atoms with Crippen molar-refractivity contribution in [1.82, 2.24) is 19.7 Å². The van der Waals surface area contributed by atoms with E-state index in [9.17, 15) is 5.11 Å². The summed E-state index contributed by atoms with van der Waals surface area (Å²) in [6.07, 6.45) is 3.27. The number of aromatic nitrogens is 3. The summed E-state index contributed by atoms with van der Waals surface area (Å²) in [7, 11) is 1.91. The van der Waals surface area contributed by atoms with Crippen molar-refractivity contribution in [2.75, 3.05) is 6.54 Å². The van der Waals surface area contributed by atoms with Gasteiger partial charge >= 0.3 is 0 Å². The molecule has 0 fully saturated rings. The lowest BCUT2D eigenvalue weighted by molar-refractivity contribution is -0.00522. The zero-order valence-corrected chi connectivity index (χ0v) is 15.0. The van der Waals surface area contributed by atoms with Gasteiger partial charge in [-0.2, -0.15) is 5.10 Å². The maximum Gasteiger partial charge on any atom is 0.140 e. The van der Waals surface area contributed by atoms with Gasteiger partial charge in [-0.1, -0.05) is 54.6 Å². The average Bonchev–Trinajstić information content (AvgIpc) is 3.20. The van der Waals surface area contributed by atoms with Crippen LogP contribution in [0.5, 0.6) is 0 Å². The molecule has 0 aliphatic heterocycles. The molecule has 1 N–H and O–H groups in total. The van der Waals surface area contributed by atoms with Gasteiger partial charge in [-0.25, -0.2) is 4.98 Å². The van der Waals surface area contributed by atoms with Gasteiger partial charge in [0.05, 0.1) is 6.54 Å². The van der Waals surface area contributed by atoms with E-state index in [0.717, 1.165) is 30.8 Å². The van der Waals surface area contributed by atoms with Crippen molar-refractivity contribution in [2.45, 2.75) is 31.5 Å². The minimum absolute atomic E-state index is 0.575. The SMILES string of the molecule is Cn1ncnc1CN(Cc1ccccc1)C[C@@]1(O)CCc2ccccc21. The highest BCUT2D eigenvalue weighted by Gasteiger charge is 2.38. The molecule has 2 aromatic carbocycles. The van der Waals surface area contributed by atoms with Crippen molar-refractivity contribution >= 4 is 0 Å². The molecule has 0 amide bonds. The molecule has 1 aliphatic rings. The predicted octanol–water partition coefficient (Wildman–Crippen LogP) is 2.65. The second kappa shape index (κ2) is 7.02. The van der Waals surface area contributed by atoms with Gasteiger partial charge in [-0.15, -0.1) is 0 Å². The molecule has 1 atom stereocenters. The molecule has 0 spiro atoms. The minimum Gasteiger partial charge on any atom is -0.384 e. The molecule has 0 saturated heterocycles. The van der Waals surface area contributed by atoms with Crippen LogP contribution in [0.1, 0.15) is 28.9 Å². The molecule has 0 unspecified atom stereocenters. The van der Waals surface area contributed by atoms with Crippen LogP contribution in [0, 0.1) is 0 Å². The van der Waals surface area contributed by atoms with Gasteiger partial charge in [-0.05, 0) is 29.5 Å². The standard InChI is InChI=1S/C21H24N4O/c1-24-20(22-16-23-24)14-25(13-17-7-3-2-4-8-17)15-21(26)12-11-18-9-5-6-10-19(18)21/h2-10,16,26H,11-15H2,1H3/t21-/m0/s1. The summed E-state index contributed by atoms with van der Waals surface area (Å²) in [4.78, 5) is 6.63. The van der Waals surface area contributed by atoms with E-state index in [4.69, 9.17) is 0 Å². The summed E-state index contributed by atoms with van der Waals surface area (Å²) in [5.74, 6) is 0.899. The molecule has 26 heavy (non-hydrogen) atoms. The Morgan fingerprint density at radius 3 is 2.62 bits per heavy atom. The molecule has 5 heteroatoms. The zero-order chi connectivity index (χ0) is 18.0. The van der Waals surface area contributed by atoms with Crippen LogP contribution in [0.2, 0.25) is 0 Å². The first-order valence-corrected chi connectivity index (χ1v) is 9.04. The Hall–Kier alpha value is -2.50. The number of benzene rings is 2. The van der Waals surface area contributed by atoms with E-state index in [-0.39, 0.29) is 0 Å². The molecule has 0 saturated carbocycles. The topological polar surface area (TPSA) is 54.2 Å². The van der Waals surface area contributed by atoms with Gasteiger partial charge in [0.2, 0.25) is 0 Å². The van der Waals surface area contributed by atoms with Gasteiger partial charge in [0.25, 0.3) is 0 Å². The van der Waals surface area contributed by atoms with Crippen molar-refractivity contribution in [3.05, 3.63) is 83.4 Å². The first kappa shape index (κ1) is 16.9. The van der Waals surface area contributed by atoms with Crippen molar-refractivity contribution in [2.24, 2.45) is 7.05 Å². The molecule has 4 rings (SSSR count). The highest BCUT2D eigenvalue weighted by atomic mass is 16.3. The van der Waals surface area contributed by atoms with E-state index in [1.807, 2.05) is 25.2 Å². The average molecular weight is 348 g/mol. The first-order chi connectivity index (χ1) is 12.6. The fourth-order valence-electron chi connectivity index (χ4n) is 3.88. The molecule has 0 bridgehead atoms. The van der Waals surface area contributed by atoms with E-state index in [0.29, 0.717) is 13.1 Å². The lowest BCUT2D eigenvalue weighted by atomic mass is 9.95. The van der Waals surface area contributed by atoms with Gasteiger partial charge in [0.15, 0.2) is 0 Å².